The molecule has 2 heterocycles. The summed E-state index contributed by atoms with van der Waals surface area (Å²) >= 11 is 0. The summed E-state index contributed by atoms with van der Waals surface area (Å²) in [6, 6.07) is 4.18. The molecule has 0 aromatic heterocycles. The molecule has 0 aliphatic carbocycles. The van der Waals surface area contributed by atoms with Crippen LogP contribution in [0.15, 0.2) is 17.0 Å². The first-order chi connectivity index (χ1) is 9.29. The highest BCUT2D eigenvalue weighted by Crippen LogP contribution is 2.39. The van der Waals surface area contributed by atoms with Crippen LogP contribution in [0.4, 0.5) is 0 Å². The van der Waals surface area contributed by atoms with Gasteiger partial charge in [0.05, 0.1) is 24.0 Å². The maximum Gasteiger partial charge on any atom is 0.162 e. The molecule has 5 heteroatoms. The molecule has 1 aromatic rings. The molecule has 2 unspecified atom stereocenters. The molecule has 104 valence electrons. The lowest BCUT2D eigenvalue weighted by Crippen LogP contribution is -2.16. The number of fused-ring (bicyclic) bond motifs is 2. The van der Waals surface area contributed by atoms with Crippen LogP contribution < -0.4 is 14.8 Å². The van der Waals surface area contributed by atoms with Gasteiger partial charge in [-0.15, -0.1) is 0 Å². The van der Waals surface area contributed by atoms with Gasteiger partial charge in [-0.3, -0.25) is 4.21 Å². The summed E-state index contributed by atoms with van der Waals surface area (Å²) in [7, 11) is 1.02. The van der Waals surface area contributed by atoms with E-state index in [1.54, 1.807) is 0 Å². The molecule has 19 heavy (non-hydrogen) atoms. The lowest BCUT2D eigenvalue weighted by molar-refractivity contribution is 0.296. The van der Waals surface area contributed by atoms with Crippen LogP contribution in [0.1, 0.15) is 30.9 Å². The molecule has 0 bridgehead atoms. The Labute approximate surface area is 115 Å². The third kappa shape index (κ3) is 2.49. The summed E-state index contributed by atoms with van der Waals surface area (Å²) < 4.78 is 23.8. The van der Waals surface area contributed by atoms with E-state index in [2.05, 4.69) is 5.32 Å². The Morgan fingerprint density at radius 2 is 1.95 bits per heavy atom. The van der Waals surface area contributed by atoms with E-state index in [-0.39, 0.29) is 6.04 Å². The number of nitrogens with one attached hydrogen (secondary N) is 1. The Morgan fingerprint density at radius 1 is 1.21 bits per heavy atom. The summed E-state index contributed by atoms with van der Waals surface area (Å²) in [5, 5.41) is 3.31. The Bertz CT molecular complexity index is 504. The second-order valence-electron chi connectivity index (χ2n) is 4.92. The Hall–Kier alpha value is -1.07. The molecular formula is C14H19NO3S. The van der Waals surface area contributed by atoms with Gasteiger partial charge in [-0.2, -0.15) is 0 Å². The Kier molecular flexibility index (Phi) is 3.75. The Balaban J connectivity index is 2.10. The van der Waals surface area contributed by atoms with Gasteiger partial charge in [0.2, 0.25) is 0 Å². The van der Waals surface area contributed by atoms with Gasteiger partial charge in [-0.1, -0.05) is 0 Å². The van der Waals surface area contributed by atoms with Crippen molar-refractivity contribution < 1.29 is 13.7 Å². The second-order valence-corrected chi connectivity index (χ2v) is 6.46. The van der Waals surface area contributed by atoms with Crippen LogP contribution in [0.3, 0.4) is 0 Å². The highest BCUT2D eigenvalue weighted by molar-refractivity contribution is 7.85. The minimum atomic E-state index is -0.934. The standard InChI is InChI=1S/C14H19NO3S/c1-15-11-4-2-7-19(16)14-9-13-12(8-10(11)14)17-5-3-6-18-13/h8-9,11,15H,2-7H2,1H3. The molecule has 1 N–H and O–H groups in total. The van der Waals surface area contributed by atoms with Crippen molar-refractivity contribution in [3.8, 4) is 11.5 Å². The summed E-state index contributed by atoms with van der Waals surface area (Å²) in [5.74, 6) is 2.25. The zero-order valence-electron chi connectivity index (χ0n) is 11.1. The quantitative estimate of drug-likeness (QED) is 0.855. The van der Waals surface area contributed by atoms with Gasteiger partial charge < -0.3 is 14.8 Å². The van der Waals surface area contributed by atoms with E-state index >= 15 is 0 Å². The zero-order chi connectivity index (χ0) is 13.2. The maximum atomic E-state index is 12.3. The zero-order valence-corrected chi connectivity index (χ0v) is 11.9. The first-order valence-corrected chi connectivity index (χ1v) is 8.10. The average molecular weight is 281 g/mol. The van der Waals surface area contributed by atoms with E-state index in [4.69, 9.17) is 9.47 Å². The molecule has 0 spiro atoms. The minimum absolute atomic E-state index is 0.249. The van der Waals surface area contributed by atoms with E-state index in [1.165, 1.54) is 0 Å². The van der Waals surface area contributed by atoms with Crippen LogP contribution in [-0.4, -0.2) is 30.2 Å². The van der Waals surface area contributed by atoms with Crippen LogP contribution in [0, 0.1) is 0 Å². The van der Waals surface area contributed by atoms with Crippen LogP contribution in [0.5, 0.6) is 11.5 Å². The fourth-order valence-corrected chi connectivity index (χ4v) is 4.01. The van der Waals surface area contributed by atoms with E-state index in [0.717, 1.165) is 47.0 Å². The van der Waals surface area contributed by atoms with Crippen molar-refractivity contribution in [1.82, 2.24) is 5.32 Å². The molecule has 0 saturated heterocycles. The van der Waals surface area contributed by atoms with E-state index in [0.29, 0.717) is 13.2 Å². The molecule has 4 nitrogen and oxygen atoms in total. The first kappa shape index (κ1) is 12.9. The van der Waals surface area contributed by atoms with Crippen LogP contribution in [0.25, 0.3) is 0 Å². The number of rotatable bonds is 1. The number of hydrogen-bond acceptors (Lipinski definition) is 4. The third-order valence-corrected chi connectivity index (χ3v) is 5.18. The largest absolute Gasteiger partial charge is 0.490 e. The molecule has 1 aromatic carbocycles. The van der Waals surface area contributed by atoms with Crippen molar-refractivity contribution in [2.75, 3.05) is 26.0 Å². The van der Waals surface area contributed by atoms with Crippen molar-refractivity contribution in [3.63, 3.8) is 0 Å². The van der Waals surface area contributed by atoms with Crippen molar-refractivity contribution in [1.29, 1.82) is 0 Å². The van der Waals surface area contributed by atoms with E-state index < -0.39 is 10.8 Å². The van der Waals surface area contributed by atoms with Gasteiger partial charge in [-0.05, 0) is 31.5 Å². The molecule has 0 radical (unpaired) electrons. The van der Waals surface area contributed by atoms with Gasteiger partial charge in [0.25, 0.3) is 0 Å². The minimum Gasteiger partial charge on any atom is -0.490 e. The van der Waals surface area contributed by atoms with E-state index in [9.17, 15) is 4.21 Å². The SMILES string of the molecule is CNC1CCCS(=O)c2cc3c(cc21)OCCCO3. The predicted octanol–water partition coefficient (Wildman–Crippen LogP) is 2.01. The monoisotopic (exact) mass is 281 g/mol. The molecule has 3 rings (SSSR count). The highest BCUT2D eigenvalue weighted by atomic mass is 32.2. The van der Waals surface area contributed by atoms with Gasteiger partial charge in [0.1, 0.15) is 0 Å². The highest BCUT2D eigenvalue weighted by Gasteiger charge is 2.25. The Morgan fingerprint density at radius 3 is 2.68 bits per heavy atom. The molecule has 2 aliphatic rings. The van der Waals surface area contributed by atoms with Gasteiger partial charge >= 0.3 is 0 Å². The molecule has 0 saturated carbocycles. The van der Waals surface area contributed by atoms with Crippen LogP contribution in [-0.2, 0) is 10.8 Å². The second kappa shape index (κ2) is 5.51. The van der Waals surface area contributed by atoms with Crippen LogP contribution in [0.2, 0.25) is 0 Å². The van der Waals surface area contributed by atoms with E-state index in [1.807, 2.05) is 19.2 Å². The fourth-order valence-electron chi connectivity index (χ4n) is 2.66. The number of hydrogen-bond donors (Lipinski definition) is 1. The van der Waals surface area contributed by atoms with Crippen molar-refractivity contribution >= 4 is 10.8 Å². The molecule has 2 atom stereocenters. The molecule has 0 amide bonds. The average Bonchev–Trinajstić information content (AvgIpc) is 2.73. The molecule has 0 fully saturated rings. The smallest absolute Gasteiger partial charge is 0.162 e. The summed E-state index contributed by atoms with van der Waals surface area (Å²) in [6.07, 6.45) is 2.87. The molecular weight excluding hydrogens is 262 g/mol. The van der Waals surface area contributed by atoms with Crippen molar-refractivity contribution in [3.05, 3.63) is 17.7 Å². The van der Waals surface area contributed by atoms with Crippen molar-refractivity contribution in [2.24, 2.45) is 0 Å². The lowest BCUT2D eigenvalue weighted by atomic mass is 10.0. The third-order valence-electron chi connectivity index (χ3n) is 3.67. The van der Waals surface area contributed by atoms with Gasteiger partial charge in [0, 0.05) is 29.2 Å². The summed E-state index contributed by atoms with van der Waals surface area (Å²) in [6.45, 7) is 1.34. The fraction of sp³-hybridized carbons (Fsp3) is 0.571. The maximum absolute atomic E-state index is 12.3. The number of benzene rings is 1. The van der Waals surface area contributed by atoms with Crippen molar-refractivity contribution in [2.45, 2.75) is 30.2 Å². The number of ether oxygens (including phenoxy) is 2. The van der Waals surface area contributed by atoms with Crippen LogP contribution >= 0.6 is 0 Å². The van der Waals surface area contributed by atoms with Gasteiger partial charge in [-0.25, -0.2) is 0 Å². The normalized spacial score (nSPS) is 26.2. The first-order valence-electron chi connectivity index (χ1n) is 6.79. The topological polar surface area (TPSA) is 47.6 Å². The molecule has 2 aliphatic heterocycles. The lowest BCUT2D eigenvalue weighted by Gasteiger charge is -2.18. The summed E-state index contributed by atoms with van der Waals surface area (Å²) in [4.78, 5) is 0.904. The summed E-state index contributed by atoms with van der Waals surface area (Å²) in [5.41, 5.74) is 1.10. The predicted molar refractivity (Wildman–Crippen MR) is 74.4 cm³/mol. The van der Waals surface area contributed by atoms with Gasteiger partial charge in [0.15, 0.2) is 11.5 Å².